The molecule has 2 rings (SSSR count). The number of para-hydroxylation sites is 1. The Morgan fingerprint density at radius 1 is 1.00 bits per heavy atom. The van der Waals surface area contributed by atoms with Crippen LogP contribution in [0.25, 0.3) is 0 Å². The predicted octanol–water partition coefficient (Wildman–Crippen LogP) is 3.02. The first-order valence-electron chi connectivity index (χ1n) is 6.15. The van der Waals surface area contributed by atoms with Gasteiger partial charge in [-0.2, -0.15) is 0 Å². The standard InChI is InChI=1S/C15H15NO4/c17-10-11-19-15(18)16-12-6-8-14(9-7-12)20-13-4-2-1-3-5-13/h1-9,17H,10-11H2,(H,16,18). The minimum absolute atomic E-state index is 0.0268. The van der Waals surface area contributed by atoms with Crippen LogP contribution in [0, 0.1) is 0 Å². The van der Waals surface area contributed by atoms with E-state index in [-0.39, 0.29) is 13.2 Å². The number of hydrogen-bond acceptors (Lipinski definition) is 4. The lowest BCUT2D eigenvalue weighted by atomic mass is 10.3. The zero-order valence-electron chi connectivity index (χ0n) is 10.8. The van der Waals surface area contributed by atoms with Gasteiger partial charge in [-0.25, -0.2) is 4.79 Å². The van der Waals surface area contributed by atoms with E-state index < -0.39 is 6.09 Å². The Hall–Kier alpha value is -2.53. The van der Waals surface area contributed by atoms with Gasteiger partial charge in [0.15, 0.2) is 0 Å². The molecule has 0 heterocycles. The number of aliphatic hydroxyl groups excluding tert-OH is 1. The highest BCUT2D eigenvalue weighted by Crippen LogP contribution is 2.22. The van der Waals surface area contributed by atoms with Crippen LogP contribution >= 0.6 is 0 Å². The smallest absolute Gasteiger partial charge is 0.411 e. The van der Waals surface area contributed by atoms with Crippen LogP contribution in [-0.4, -0.2) is 24.4 Å². The number of aliphatic hydroxyl groups is 1. The van der Waals surface area contributed by atoms with Crippen LogP contribution in [0.1, 0.15) is 0 Å². The summed E-state index contributed by atoms with van der Waals surface area (Å²) in [7, 11) is 0. The fourth-order valence-corrected chi connectivity index (χ4v) is 1.52. The molecule has 0 aliphatic heterocycles. The highest BCUT2D eigenvalue weighted by molar-refractivity contribution is 5.84. The molecular formula is C15H15NO4. The lowest BCUT2D eigenvalue weighted by Crippen LogP contribution is -2.15. The number of carbonyl (C=O) groups is 1. The third-order valence-corrected chi connectivity index (χ3v) is 2.40. The van der Waals surface area contributed by atoms with E-state index in [0.717, 1.165) is 5.75 Å². The van der Waals surface area contributed by atoms with Gasteiger partial charge in [0.1, 0.15) is 18.1 Å². The van der Waals surface area contributed by atoms with Gasteiger partial charge < -0.3 is 14.6 Å². The second kappa shape index (κ2) is 7.16. The number of benzene rings is 2. The van der Waals surface area contributed by atoms with E-state index in [2.05, 4.69) is 10.1 Å². The summed E-state index contributed by atoms with van der Waals surface area (Å²) in [5.41, 5.74) is 0.591. The molecule has 5 heteroatoms. The molecule has 104 valence electrons. The Morgan fingerprint density at radius 2 is 1.65 bits per heavy atom. The topological polar surface area (TPSA) is 67.8 Å². The van der Waals surface area contributed by atoms with Gasteiger partial charge in [-0.1, -0.05) is 18.2 Å². The van der Waals surface area contributed by atoms with Crippen LogP contribution in [-0.2, 0) is 4.74 Å². The first kappa shape index (κ1) is 13.9. The highest BCUT2D eigenvalue weighted by Gasteiger charge is 2.03. The fraction of sp³-hybridized carbons (Fsp3) is 0.133. The van der Waals surface area contributed by atoms with Crippen molar-refractivity contribution < 1.29 is 19.4 Å². The third kappa shape index (κ3) is 4.29. The molecule has 0 spiro atoms. The van der Waals surface area contributed by atoms with Crippen molar-refractivity contribution in [3.63, 3.8) is 0 Å². The maximum Gasteiger partial charge on any atom is 0.411 e. The summed E-state index contributed by atoms with van der Waals surface area (Å²) >= 11 is 0. The van der Waals surface area contributed by atoms with Gasteiger partial charge in [0.05, 0.1) is 6.61 Å². The van der Waals surface area contributed by atoms with Crippen LogP contribution in [0.5, 0.6) is 11.5 Å². The normalized spacial score (nSPS) is 9.85. The molecule has 2 aromatic rings. The van der Waals surface area contributed by atoms with E-state index >= 15 is 0 Å². The van der Waals surface area contributed by atoms with Gasteiger partial charge in [-0.05, 0) is 36.4 Å². The average molecular weight is 273 g/mol. The number of anilines is 1. The number of nitrogens with one attached hydrogen (secondary N) is 1. The minimum Gasteiger partial charge on any atom is -0.457 e. The molecule has 0 aromatic heterocycles. The molecule has 20 heavy (non-hydrogen) atoms. The number of hydrogen-bond donors (Lipinski definition) is 2. The first-order chi connectivity index (χ1) is 9.78. The first-order valence-corrected chi connectivity index (χ1v) is 6.15. The molecule has 0 unspecified atom stereocenters. The van der Waals surface area contributed by atoms with Crippen molar-refractivity contribution in [2.24, 2.45) is 0 Å². The second-order valence-electron chi connectivity index (χ2n) is 3.92. The monoisotopic (exact) mass is 273 g/mol. The molecule has 2 N–H and O–H groups in total. The lowest BCUT2D eigenvalue weighted by molar-refractivity contribution is 0.131. The van der Waals surface area contributed by atoms with Crippen LogP contribution in [0.3, 0.4) is 0 Å². The number of carbonyl (C=O) groups excluding carboxylic acids is 1. The Bertz CT molecular complexity index is 540. The summed E-state index contributed by atoms with van der Waals surface area (Å²) < 4.78 is 10.3. The Kier molecular flexibility index (Phi) is 4.97. The largest absolute Gasteiger partial charge is 0.457 e. The van der Waals surface area contributed by atoms with Crippen molar-refractivity contribution in [1.82, 2.24) is 0 Å². The summed E-state index contributed by atoms with van der Waals surface area (Å²) in [6.07, 6.45) is -0.601. The average Bonchev–Trinajstić information content (AvgIpc) is 2.48. The maximum absolute atomic E-state index is 11.3. The van der Waals surface area contributed by atoms with Crippen LogP contribution in [0.15, 0.2) is 54.6 Å². The molecule has 0 bridgehead atoms. The van der Waals surface area contributed by atoms with Crippen molar-refractivity contribution in [2.75, 3.05) is 18.5 Å². The van der Waals surface area contributed by atoms with Gasteiger partial charge in [-0.15, -0.1) is 0 Å². The molecule has 0 atom stereocenters. The van der Waals surface area contributed by atoms with Gasteiger partial charge >= 0.3 is 6.09 Å². The maximum atomic E-state index is 11.3. The summed E-state index contributed by atoms with van der Waals surface area (Å²) in [5.74, 6) is 1.42. The summed E-state index contributed by atoms with van der Waals surface area (Å²) in [6.45, 7) is -0.224. The Balaban J connectivity index is 1.91. The fourth-order valence-electron chi connectivity index (χ4n) is 1.52. The van der Waals surface area contributed by atoms with E-state index in [1.807, 2.05) is 30.3 Å². The molecule has 0 aliphatic carbocycles. The molecule has 0 saturated heterocycles. The van der Waals surface area contributed by atoms with Gasteiger partial charge in [0.25, 0.3) is 0 Å². The number of amides is 1. The molecular weight excluding hydrogens is 258 g/mol. The van der Waals surface area contributed by atoms with E-state index in [1.54, 1.807) is 24.3 Å². The zero-order valence-corrected chi connectivity index (χ0v) is 10.8. The van der Waals surface area contributed by atoms with Gasteiger partial charge in [0.2, 0.25) is 0 Å². The minimum atomic E-state index is -0.601. The zero-order chi connectivity index (χ0) is 14.2. The quantitative estimate of drug-likeness (QED) is 0.878. The van der Waals surface area contributed by atoms with Crippen molar-refractivity contribution in [3.05, 3.63) is 54.6 Å². The van der Waals surface area contributed by atoms with Crippen molar-refractivity contribution in [3.8, 4) is 11.5 Å². The molecule has 0 saturated carbocycles. The Morgan fingerprint density at radius 3 is 2.30 bits per heavy atom. The molecule has 5 nitrogen and oxygen atoms in total. The van der Waals surface area contributed by atoms with E-state index in [1.165, 1.54) is 0 Å². The lowest BCUT2D eigenvalue weighted by Gasteiger charge is -2.08. The third-order valence-electron chi connectivity index (χ3n) is 2.40. The van der Waals surface area contributed by atoms with E-state index in [4.69, 9.17) is 9.84 Å². The van der Waals surface area contributed by atoms with Crippen LogP contribution in [0.2, 0.25) is 0 Å². The molecule has 2 aromatic carbocycles. The van der Waals surface area contributed by atoms with E-state index in [0.29, 0.717) is 11.4 Å². The van der Waals surface area contributed by atoms with E-state index in [9.17, 15) is 4.79 Å². The summed E-state index contributed by atoms with van der Waals surface area (Å²) in [4.78, 5) is 11.3. The highest BCUT2D eigenvalue weighted by atomic mass is 16.6. The van der Waals surface area contributed by atoms with Crippen molar-refractivity contribution in [1.29, 1.82) is 0 Å². The molecule has 0 aliphatic rings. The van der Waals surface area contributed by atoms with Crippen molar-refractivity contribution in [2.45, 2.75) is 0 Å². The van der Waals surface area contributed by atoms with Gasteiger partial charge in [-0.3, -0.25) is 5.32 Å². The summed E-state index contributed by atoms with van der Waals surface area (Å²) in [6, 6.07) is 16.3. The van der Waals surface area contributed by atoms with Crippen molar-refractivity contribution >= 4 is 11.8 Å². The number of rotatable bonds is 5. The summed E-state index contributed by atoms with van der Waals surface area (Å²) in [5, 5.41) is 11.1. The number of ether oxygens (including phenoxy) is 2. The predicted molar refractivity (Wildman–Crippen MR) is 75.0 cm³/mol. The van der Waals surface area contributed by atoms with Gasteiger partial charge in [0, 0.05) is 5.69 Å². The SMILES string of the molecule is O=C(Nc1ccc(Oc2ccccc2)cc1)OCCO. The molecule has 0 radical (unpaired) electrons. The van der Waals surface area contributed by atoms with Crippen LogP contribution in [0.4, 0.5) is 10.5 Å². The van der Waals surface area contributed by atoms with Crippen LogP contribution < -0.4 is 10.1 Å². The molecule has 1 amide bonds. The second-order valence-corrected chi connectivity index (χ2v) is 3.92. The Labute approximate surface area is 116 Å². The molecule has 0 fully saturated rings.